The lowest BCUT2D eigenvalue weighted by Crippen LogP contribution is -2.21. The maximum atomic E-state index is 13.3. The average molecular weight is 455 g/mol. The summed E-state index contributed by atoms with van der Waals surface area (Å²) in [7, 11) is 0. The topological polar surface area (TPSA) is 74.3 Å². The summed E-state index contributed by atoms with van der Waals surface area (Å²) < 4.78 is 57.5. The number of pyridine rings is 1. The van der Waals surface area contributed by atoms with Crippen LogP contribution in [0.15, 0.2) is 65.6 Å². The van der Waals surface area contributed by atoms with Crippen LogP contribution in [-0.2, 0) is 0 Å². The van der Waals surface area contributed by atoms with Gasteiger partial charge in [-0.25, -0.2) is 8.91 Å². The largest absolute Gasteiger partial charge is 0.573 e. The van der Waals surface area contributed by atoms with Crippen LogP contribution in [0.1, 0.15) is 5.69 Å². The van der Waals surface area contributed by atoms with Gasteiger partial charge < -0.3 is 4.74 Å². The normalized spacial score (nSPS) is 11.9. The van der Waals surface area contributed by atoms with Gasteiger partial charge in [-0.1, -0.05) is 18.2 Å². The lowest BCUT2D eigenvalue weighted by atomic mass is 10.1. The molecule has 0 spiro atoms. The van der Waals surface area contributed by atoms with Gasteiger partial charge in [0.05, 0.1) is 16.9 Å². The van der Waals surface area contributed by atoms with E-state index in [0.717, 1.165) is 16.7 Å². The van der Waals surface area contributed by atoms with Crippen molar-refractivity contribution >= 4 is 16.7 Å². The van der Waals surface area contributed by atoms with Gasteiger partial charge in [0.1, 0.15) is 17.1 Å². The highest BCUT2D eigenvalue weighted by molar-refractivity contribution is 5.84. The number of aryl methyl sites for hydroxylation is 1. The number of alkyl halides is 3. The second-order valence-electron chi connectivity index (χ2n) is 7.17. The van der Waals surface area contributed by atoms with Gasteiger partial charge in [-0.2, -0.15) is 5.10 Å². The highest BCUT2D eigenvalue weighted by Gasteiger charge is 2.31. The molecule has 0 bridgehead atoms. The van der Waals surface area contributed by atoms with Gasteiger partial charge in [0.2, 0.25) is 0 Å². The lowest BCUT2D eigenvalue weighted by Gasteiger charge is -2.11. The molecule has 5 rings (SSSR count). The molecule has 5 aromatic rings. The van der Waals surface area contributed by atoms with Crippen molar-refractivity contribution in [2.45, 2.75) is 13.3 Å². The molecule has 0 aliphatic carbocycles. The Balaban J connectivity index is 1.66. The highest BCUT2D eigenvalue weighted by Crippen LogP contribution is 2.28. The third-order valence-electron chi connectivity index (χ3n) is 5.02. The van der Waals surface area contributed by atoms with Crippen LogP contribution in [0, 0.1) is 12.7 Å². The minimum absolute atomic E-state index is 0.0275. The van der Waals surface area contributed by atoms with Gasteiger partial charge in [-0.3, -0.25) is 9.36 Å². The van der Waals surface area contributed by atoms with Crippen molar-refractivity contribution in [2.75, 3.05) is 0 Å². The van der Waals surface area contributed by atoms with Crippen molar-refractivity contribution < 1.29 is 22.3 Å². The van der Waals surface area contributed by atoms with Crippen molar-refractivity contribution in [3.05, 3.63) is 82.7 Å². The fourth-order valence-corrected chi connectivity index (χ4v) is 3.64. The first-order valence-corrected chi connectivity index (χ1v) is 9.61. The van der Waals surface area contributed by atoms with E-state index in [4.69, 9.17) is 0 Å². The van der Waals surface area contributed by atoms with Crippen LogP contribution in [0.25, 0.3) is 33.5 Å². The number of nitrogens with zero attached hydrogens (tertiary/aromatic N) is 5. The third kappa shape index (κ3) is 3.67. The number of rotatable bonds is 3. The average Bonchev–Trinajstić information content (AvgIpc) is 3.10. The van der Waals surface area contributed by atoms with E-state index in [9.17, 15) is 22.4 Å². The van der Waals surface area contributed by atoms with E-state index in [-0.39, 0.29) is 17.0 Å². The van der Waals surface area contributed by atoms with Crippen molar-refractivity contribution in [2.24, 2.45) is 0 Å². The van der Waals surface area contributed by atoms with Gasteiger partial charge in [0.25, 0.3) is 5.56 Å². The van der Waals surface area contributed by atoms with E-state index < -0.39 is 17.7 Å². The predicted molar refractivity (Wildman–Crippen MR) is 111 cm³/mol. The summed E-state index contributed by atoms with van der Waals surface area (Å²) in [5.41, 5.74) is 2.21. The van der Waals surface area contributed by atoms with Crippen molar-refractivity contribution in [1.82, 2.24) is 24.4 Å². The Morgan fingerprint density at radius 3 is 2.48 bits per heavy atom. The molecule has 3 aromatic heterocycles. The molecule has 7 nitrogen and oxygen atoms in total. The van der Waals surface area contributed by atoms with Crippen LogP contribution >= 0.6 is 0 Å². The molecule has 0 saturated carbocycles. The molecule has 0 unspecified atom stereocenters. The molecule has 166 valence electrons. The Morgan fingerprint density at radius 2 is 1.76 bits per heavy atom. The first-order chi connectivity index (χ1) is 15.7. The quantitative estimate of drug-likeness (QED) is 0.376. The minimum atomic E-state index is -4.86. The number of benzene rings is 2. The molecule has 0 fully saturated rings. The van der Waals surface area contributed by atoms with Gasteiger partial charge >= 0.3 is 6.36 Å². The zero-order valence-corrected chi connectivity index (χ0v) is 16.8. The number of hydrogen-bond donors (Lipinski definition) is 0. The van der Waals surface area contributed by atoms with Crippen molar-refractivity contribution in [3.63, 3.8) is 0 Å². The SMILES string of the molecule is Cc1nn2c(nnc3c(=O)n(-c4cccc(OC(F)(F)F)c4)ccc32)c1-c1ccc(F)cc1. The standard InChI is InChI=1S/C22H13F4N5O2/c1-12-18(13-5-7-14(23)8-6-13)20-28-27-19-17(31(20)29-12)9-10-30(21(19)32)15-3-2-4-16(11-15)33-22(24,25)26/h2-11H,1H3. The zero-order valence-electron chi connectivity index (χ0n) is 16.8. The summed E-state index contributed by atoms with van der Waals surface area (Å²) in [5.74, 6) is -0.838. The van der Waals surface area contributed by atoms with E-state index in [2.05, 4.69) is 20.0 Å². The van der Waals surface area contributed by atoms with Crippen LogP contribution in [-0.4, -0.2) is 30.7 Å². The van der Waals surface area contributed by atoms with Crippen LogP contribution in [0.5, 0.6) is 5.75 Å². The molecule has 11 heteroatoms. The molecule has 0 radical (unpaired) electrons. The number of fused-ring (bicyclic) bond motifs is 3. The van der Waals surface area contributed by atoms with Gasteiger partial charge in [-0.15, -0.1) is 23.4 Å². The molecule has 0 atom stereocenters. The van der Waals surface area contributed by atoms with Gasteiger partial charge in [0, 0.05) is 12.3 Å². The maximum absolute atomic E-state index is 13.3. The Labute approximate surface area is 182 Å². The van der Waals surface area contributed by atoms with Gasteiger partial charge in [0.15, 0.2) is 11.2 Å². The van der Waals surface area contributed by atoms with E-state index in [1.165, 1.54) is 35.0 Å². The summed E-state index contributed by atoms with van der Waals surface area (Å²) in [6.07, 6.45) is -3.45. The lowest BCUT2D eigenvalue weighted by molar-refractivity contribution is -0.274. The first kappa shape index (κ1) is 20.6. The Morgan fingerprint density at radius 1 is 1.00 bits per heavy atom. The third-order valence-corrected chi connectivity index (χ3v) is 5.02. The summed E-state index contributed by atoms with van der Waals surface area (Å²) >= 11 is 0. The van der Waals surface area contributed by atoms with Crippen molar-refractivity contribution in [1.29, 1.82) is 0 Å². The van der Waals surface area contributed by atoms with E-state index in [1.54, 1.807) is 25.1 Å². The number of halogens is 4. The molecular formula is C22H13F4N5O2. The van der Waals surface area contributed by atoms with Gasteiger partial charge in [-0.05, 0) is 42.8 Å². The van der Waals surface area contributed by atoms with Crippen LogP contribution < -0.4 is 10.3 Å². The highest BCUT2D eigenvalue weighted by atomic mass is 19.4. The second-order valence-corrected chi connectivity index (χ2v) is 7.17. The molecule has 2 aromatic carbocycles. The number of ether oxygens (including phenoxy) is 1. The fourth-order valence-electron chi connectivity index (χ4n) is 3.64. The molecule has 33 heavy (non-hydrogen) atoms. The Bertz CT molecular complexity index is 1570. The summed E-state index contributed by atoms with van der Waals surface area (Å²) in [6, 6.07) is 12.4. The van der Waals surface area contributed by atoms with Crippen LogP contribution in [0.2, 0.25) is 0 Å². The smallest absolute Gasteiger partial charge is 0.406 e. The van der Waals surface area contributed by atoms with E-state index in [1.807, 2.05) is 0 Å². The van der Waals surface area contributed by atoms with Crippen LogP contribution in [0.4, 0.5) is 17.6 Å². The molecule has 0 aliphatic rings. The minimum Gasteiger partial charge on any atom is -0.406 e. The van der Waals surface area contributed by atoms with E-state index in [0.29, 0.717) is 28.0 Å². The summed E-state index contributed by atoms with van der Waals surface area (Å²) in [4.78, 5) is 13.1. The Hall–Kier alpha value is -4.28. The molecular weight excluding hydrogens is 442 g/mol. The van der Waals surface area contributed by atoms with Crippen LogP contribution in [0.3, 0.4) is 0 Å². The summed E-state index contributed by atoms with van der Waals surface area (Å²) in [6.45, 7) is 1.76. The number of hydrogen-bond acceptors (Lipinski definition) is 5. The molecule has 0 amide bonds. The fraction of sp³-hybridized carbons (Fsp3) is 0.0909. The molecule has 3 heterocycles. The summed E-state index contributed by atoms with van der Waals surface area (Å²) in [5, 5.41) is 12.7. The first-order valence-electron chi connectivity index (χ1n) is 9.61. The predicted octanol–water partition coefficient (Wildman–Crippen LogP) is 4.44. The zero-order chi connectivity index (χ0) is 23.3. The molecule has 0 N–H and O–H groups in total. The number of aromatic nitrogens is 5. The Kier molecular flexibility index (Phi) is 4.62. The molecule has 0 saturated heterocycles. The van der Waals surface area contributed by atoms with E-state index >= 15 is 0 Å². The maximum Gasteiger partial charge on any atom is 0.573 e. The second kappa shape index (κ2) is 7.40. The van der Waals surface area contributed by atoms with Crippen molar-refractivity contribution in [3.8, 4) is 22.6 Å². The molecule has 0 aliphatic heterocycles. The monoisotopic (exact) mass is 455 g/mol.